The molecule has 0 amide bonds. The molecule has 3 aromatic rings. The molecule has 0 radical (unpaired) electrons. The summed E-state index contributed by atoms with van der Waals surface area (Å²) < 4.78 is 17.4. The highest BCUT2D eigenvalue weighted by Crippen LogP contribution is 2.51. The number of hydrogen-bond acceptors (Lipinski definition) is 6. The van der Waals surface area contributed by atoms with Crippen molar-refractivity contribution >= 4 is 16.8 Å². The van der Waals surface area contributed by atoms with Crippen LogP contribution in [0, 0.1) is 17.8 Å². The number of para-hydroxylation sites is 1. The van der Waals surface area contributed by atoms with Gasteiger partial charge in [0.2, 0.25) is 11.6 Å². The van der Waals surface area contributed by atoms with E-state index in [0.29, 0.717) is 24.3 Å². The molecule has 1 spiro atoms. The number of oxime groups is 1. The fourth-order valence-corrected chi connectivity index (χ4v) is 6.04. The van der Waals surface area contributed by atoms with Gasteiger partial charge in [0, 0.05) is 28.9 Å². The van der Waals surface area contributed by atoms with Crippen LogP contribution in [0.3, 0.4) is 0 Å². The summed E-state index contributed by atoms with van der Waals surface area (Å²) in [5.41, 5.74) is 1.37. The van der Waals surface area contributed by atoms with Crippen molar-refractivity contribution in [3.8, 4) is 11.5 Å². The second-order valence-corrected chi connectivity index (χ2v) is 9.75. The molecular formula is C28H34N2O4. The van der Waals surface area contributed by atoms with E-state index in [4.69, 9.17) is 23.9 Å². The molecule has 2 aromatic carbocycles. The normalized spacial score (nSPS) is 26.6. The van der Waals surface area contributed by atoms with Crippen molar-refractivity contribution in [1.29, 1.82) is 0 Å². The fourth-order valence-electron chi connectivity index (χ4n) is 6.04. The van der Waals surface area contributed by atoms with E-state index in [1.54, 1.807) is 14.2 Å². The summed E-state index contributed by atoms with van der Waals surface area (Å²) in [4.78, 5) is 8.83. The van der Waals surface area contributed by atoms with Crippen molar-refractivity contribution in [2.45, 2.75) is 52.3 Å². The Morgan fingerprint density at radius 2 is 1.88 bits per heavy atom. The number of hydrogen-bond donors (Lipinski definition) is 0. The van der Waals surface area contributed by atoms with Crippen LogP contribution in [0.4, 0.5) is 0 Å². The second-order valence-electron chi connectivity index (χ2n) is 9.75. The summed E-state index contributed by atoms with van der Waals surface area (Å²) in [5.74, 6) is 4.33. The minimum Gasteiger partial charge on any atom is -0.497 e. The van der Waals surface area contributed by atoms with Gasteiger partial charge in [-0.25, -0.2) is 0 Å². The Balaban J connectivity index is 1.61. The number of ether oxygens (including phenoxy) is 2. The van der Waals surface area contributed by atoms with Gasteiger partial charge in [0.25, 0.3) is 0 Å². The molecule has 34 heavy (non-hydrogen) atoms. The molecule has 0 saturated heterocycles. The number of rotatable bonds is 6. The van der Waals surface area contributed by atoms with Crippen molar-refractivity contribution in [2.75, 3.05) is 14.2 Å². The van der Waals surface area contributed by atoms with Crippen LogP contribution in [-0.2, 0) is 11.4 Å². The van der Waals surface area contributed by atoms with Crippen LogP contribution in [0.2, 0.25) is 0 Å². The van der Waals surface area contributed by atoms with Crippen LogP contribution in [-0.4, -0.2) is 30.7 Å². The van der Waals surface area contributed by atoms with E-state index in [2.05, 4.69) is 43.9 Å². The molecule has 2 aliphatic rings. The van der Waals surface area contributed by atoms with Crippen molar-refractivity contribution < 1.29 is 18.7 Å². The summed E-state index contributed by atoms with van der Waals surface area (Å²) in [5, 5.41) is 5.76. The zero-order valence-corrected chi connectivity index (χ0v) is 20.7. The second kappa shape index (κ2) is 8.90. The highest BCUT2D eigenvalue weighted by Gasteiger charge is 2.58. The zero-order valence-electron chi connectivity index (χ0n) is 20.7. The average molecular weight is 463 g/mol. The maximum Gasteiger partial charge on any atom is 0.217 e. The van der Waals surface area contributed by atoms with Gasteiger partial charge >= 0.3 is 0 Å². The molecule has 6 nitrogen and oxygen atoms in total. The predicted molar refractivity (Wildman–Crippen MR) is 133 cm³/mol. The Labute approximate surface area is 201 Å². The van der Waals surface area contributed by atoms with Gasteiger partial charge < -0.3 is 23.6 Å². The standard InChI is InChI=1S/C28H34N2O4/c1-6-22-14-18(2)13-19(3)28(22)30(17-21-11-12-23(31-4)16-25(21)32-5)27(29-34-28)26-15-20-9-7-8-10-24(20)33-26/h7-12,15-16,18-19,22H,6,13-14,17H2,1-5H3. The van der Waals surface area contributed by atoms with E-state index in [-0.39, 0.29) is 0 Å². The predicted octanol–water partition coefficient (Wildman–Crippen LogP) is 6.43. The van der Waals surface area contributed by atoms with E-state index in [1.165, 1.54) is 0 Å². The van der Waals surface area contributed by atoms with Gasteiger partial charge in [0.05, 0.1) is 20.8 Å². The maximum absolute atomic E-state index is 6.50. The topological polar surface area (TPSA) is 56.4 Å². The van der Waals surface area contributed by atoms with Crippen molar-refractivity contribution in [1.82, 2.24) is 4.90 Å². The van der Waals surface area contributed by atoms with E-state index < -0.39 is 5.72 Å². The van der Waals surface area contributed by atoms with Gasteiger partial charge in [-0.05, 0) is 49.4 Å². The van der Waals surface area contributed by atoms with E-state index in [0.717, 1.165) is 58.9 Å². The summed E-state index contributed by atoms with van der Waals surface area (Å²) in [7, 11) is 3.36. The summed E-state index contributed by atoms with van der Waals surface area (Å²) in [6.45, 7) is 7.50. The Morgan fingerprint density at radius 3 is 2.62 bits per heavy atom. The molecule has 1 aliphatic heterocycles. The summed E-state index contributed by atoms with van der Waals surface area (Å²) >= 11 is 0. The van der Waals surface area contributed by atoms with Crippen LogP contribution in [0.25, 0.3) is 11.0 Å². The first kappa shape index (κ1) is 22.6. The molecule has 4 atom stereocenters. The third-order valence-corrected chi connectivity index (χ3v) is 7.65. The van der Waals surface area contributed by atoms with Gasteiger partial charge in [-0.15, -0.1) is 0 Å². The molecule has 1 aliphatic carbocycles. The molecule has 180 valence electrons. The van der Waals surface area contributed by atoms with Gasteiger partial charge in [-0.2, -0.15) is 0 Å². The van der Waals surface area contributed by atoms with E-state index in [9.17, 15) is 0 Å². The van der Waals surface area contributed by atoms with Gasteiger partial charge in [-0.3, -0.25) is 0 Å². The lowest BCUT2D eigenvalue weighted by molar-refractivity contribution is -0.200. The first-order valence-corrected chi connectivity index (χ1v) is 12.2. The van der Waals surface area contributed by atoms with Gasteiger partial charge in [0.15, 0.2) is 5.76 Å². The molecular weight excluding hydrogens is 428 g/mol. The highest BCUT2D eigenvalue weighted by molar-refractivity contribution is 6.00. The summed E-state index contributed by atoms with van der Waals surface area (Å²) in [6, 6.07) is 16.1. The van der Waals surface area contributed by atoms with Crippen LogP contribution in [0.1, 0.15) is 51.4 Å². The van der Waals surface area contributed by atoms with Crippen molar-refractivity contribution in [2.24, 2.45) is 22.9 Å². The molecule has 5 rings (SSSR count). The molecule has 4 unspecified atom stereocenters. The minimum atomic E-state index is -0.527. The first-order valence-electron chi connectivity index (χ1n) is 12.2. The summed E-state index contributed by atoms with van der Waals surface area (Å²) in [6.07, 6.45) is 3.23. The van der Waals surface area contributed by atoms with E-state index >= 15 is 0 Å². The zero-order chi connectivity index (χ0) is 23.9. The number of amidine groups is 1. The van der Waals surface area contributed by atoms with Gasteiger partial charge in [-0.1, -0.05) is 44.1 Å². The van der Waals surface area contributed by atoms with Crippen molar-refractivity contribution in [3.05, 3.63) is 59.9 Å². The quantitative estimate of drug-likeness (QED) is 0.422. The SMILES string of the molecule is CCC1CC(C)CC(C)C12ON=C(c1cc3ccccc3o1)N2Cc1ccc(OC)cc1OC. The fraction of sp³-hybridized carbons (Fsp3) is 0.464. The molecule has 6 heteroatoms. The monoisotopic (exact) mass is 462 g/mol. The maximum atomic E-state index is 6.50. The molecule has 1 aromatic heterocycles. The average Bonchev–Trinajstić information content (AvgIpc) is 3.44. The van der Waals surface area contributed by atoms with Gasteiger partial charge in [0.1, 0.15) is 17.1 Å². The number of benzene rings is 2. The van der Waals surface area contributed by atoms with Crippen LogP contribution < -0.4 is 9.47 Å². The molecule has 1 saturated carbocycles. The number of methoxy groups -OCH3 is 2. The minimum absolute atomic E-state index is 0.302. The Kier molecular flexibility index (Phi) is 5.92. The lowest BCUT2D eigenvalue weighted by Gasteiger charge is -2.50. The molecule has 2 heterocycles. The van der Waals surface area contributed by atoms with Crippen LogP contribution in [0.15, 0.2) is 58.1 Å². The van der Waals surface area contributed by atoms with Crippen LogP contribution >= 0.6 is 0 Å². The number of nitrogens with zero attached hydrogens (tertiary/aromatic N) is 2. The number of furan rings is 1. The Morgan fingerprint density at radius 1 is 1.06 bits per heavy atom. The molecule has 0 bridgehead atoms. The highest BCUT2D eigenvalue weighted by atomic mass is 16.7. The lowest BCUT2D eigenvalue weighted by Crippen LogP contribution is -2.60. The third-order valence-electron chi connectivity index (χ3n) is 7.65. The number of fused-ring (bicyclic) bond motifs is 1. The lowest BCUT2D eigenvalue weighted by atomic mass is 9.68. The van der Waals surface area contributed by atoms with Crippen molar-refractivity contribution in [3.63, 3.8) is 0 Å². The largest absolute Gasteiger partial charge is 0.497 e. The van der Waals surface area contributed by atoms with E-state index in [1.807, 2.05) is 30.3 Å². The Hall–Kier alpha value is -3.15. The molecule has 0 N–H and O–H groups in total. The third kappa shape index (κ3) is 3.60. The molecule has 1 fully saturated rings. The smallest absolute Gasteiger partial charge is 0.217 e. The van der Waals surface area contributed by atoms with Crippen LogP contribution in [0.5, 0.6) is 11.5 Å². The Bertz CT molecular complexity index is 1170. The first-order chi connectivity index (χ1) is 16.5.